The van der Waals surface area contributed by atoms with Gasteiger partial charge >= 0.3 is 5.97 Å². The van der Waals surface area contributed by atoms with Gasteiger partial charge in [-0.15, -0.1) is 0 Å². The van der Waals surface area contributed by atoms with Gasteiger partial charge in [-0.1, -0.05) is 13.3 Å². The average molecular weight is 280 g/mol. The summed E-state index contributed by atoms with van der Waals surface area (Å²) in [5, 5.41) is 13.2. The highest BCUT2D eigenvalue weighted by Crippen LogP contribution is 2.36. The smallest absolute Gasteiger partial charge is 0.323 e. The van der Waals surface area contributed by atoms with Crippen LogP contribution in [0.1, 0.15) is 58.3 Å². The van der Waals surface area contributed by atoms with Crippen molar-refractivity contribution < 1.29 is 9.90 Å². The molecular formula is C16H28N2O2. The van der Waals surface area contributed by atoms with Crippen LogP contribution in [0.15, 0.2) is 0 Å². The van der Waals surface area contributed by atoms with Crippen molar-refractivity contribution in [1.82, 2.24) is 10.2 Å². The SMILES string of the molecule is CCC1CCN(C2CCCC(NC3CC3)(C(=O)O)C2)C1. The zero-order valence-corrected chi connectivity index (χ0v) is 12.6. The van der Waals surface area contributed by atoms with Gasteiger partial charge in [0.25, 0.3) is 0 Å². The number of nitrogens with zero attached hydrogens (tertiary/aromatic N) is 1. The third-order valence-corrected chi connectivity index (χ3v) is 5.60. The van der Waals surface area contributed by atoms with Gasteiger partial charge in [-0.05, 0) is 57.4 Å². The fourth-order valence-electron chi connectivity index (χ4n) is 4.09. The number of aliphatic carboxylic acids is 1. The van der Waals surface area contributed by atoms with E-state index in [1.807, 2.05) is 0 Å². The molecule has 2 saturated carbocycles. The van der Waals surface area contributed by atoms with E-state index in [0.29, 0.717) is 12.1 Å². The molecule has 4 heteroatoms. The molecule has 20 heavy (non-hydrogen) atoms. The van der Waals surface area contributed by atoms with Gasteiger partial charge in [0.05, 0.1) is 0 Å². The monoisotopic (exact) mass is 280 g/mol. The topological polar surface area (TPSA) is 52.6 Å². The lowest BCUT2D eigenvalue weighted by atomic mass is 9.78. The number of hydrogen-bond acceptors (Lipinski definition) is 3. The van der Waals surface area contributed by atoms with E-state index in [-0.39, 0.29) is 0 Å². The Hall–Kier alpha value is -0.610. The van der Waals surface area contributed by atoms with Crippen LogP contribution >= 0.6 is 0 Å². The summed E-state index contributed by atoms with van der Waals surface area (Å²) in [6, 6.07) is 0.939. The van der Waals surface area contributed by atoms with Crippen LogP contribution in [-0.2, 0) is 4.79 Å². The summed E-state index contributed by atoms with van der Waals surface area (Å²) in [6.45, 7) is 4.62. The van der Waals surface area contributed by atoms with E-state index in [1.54, 1.807) is 0 Å². The maximum atomic E-state index is 11.8. The fourth-order valence-corrected chi connectivity index (χ4v) is 4.09. The number of likely N-dealkylation sites (tertiary alicyclic amines) is 1. The van der Waals surface area contributed by atoms with E-state index in [1.165, 1.54) is 32.4 Å². The van der Waals surface area contributed by atoms with Crippen molar-refractivity contribution in [3.05, 3.63) is 0 Å². The molecule has 0 radical (unpaired) electrons. The minimum Gasteiger partial charge on any atom is -0.480 e. The quantitative estimate of drug-likeness (QED) is 0.811. The predicted octanol–water partition coefficient (Wildman–Crippen LogP) is 2.24. The first-order valence-electron chi connectivity index (χ1n) is 8.38. The van der Waals surface area contributed by atoms with E-state index in [9.17, 15) is 9.90 Å². The van der Waals surface area contributed by atoms with Crippen LogP contribution in [0.4, 0.5) is 0 Å². The molecule has 0 spiro atoms. The Kier molecular flexibility index (Phi) is 4.04. The highest BCUT2D eigenvalue weighted by Gasteiger charge is 2.47. The molecule has 1 aliphatic heterocycles. The Morgan fingerprint density at radius 1 is 1.35 bits per heavy atom. The Morgan fingerprint density at radius 2 is 2.15 bits per heavy atom. The van der Waals surface area contributed by atoms with Gasteiger partial charge in [0.15, 0.2) is 0 Å². The largest absolute Gasteiger partial charge is 0.480 e. The maximum Gasteiger partial charge on any atom is 0.323 e. The predicted molar refractivity (Wildman–Crippen MR) is 78.8 cm³/mol. The molecule has 1 heterocycles. The molecule has 3 rings (SSSR count). The van der Waals surface area contributed by atoms with Crippen LogP contribution in [-0.4, -0.2) is 46.7 Å². The molecule has 0 aromatic heterocycles. The Bertz CT molecular complexity index is 369. The van der Waals surface area contributed by atoms with Crippen molar-refractivity contribution in [1.29, 1.82) is 0 Å². The molecule has 0 amide bonds. The molecule has 3 fully saturated rings. The summed E-state index contributed by atoms with van der Waals surface area (Å²) in [5.74, 6) is 0.202. The Labute approximate surface area is 121 Å². The van der Waals surface area contributed by atoms with Crippen molar-refractivity contribution in [2.45, 2.75) is 75.9 Å². The standard InChI is InChI=1S/C16H28N2O2/c1-2-12-7-9-18(11-12)14-4-3-8-16(10-14,15(19)20)17-13-5-6-13/h12-14,17H,2-11H2,1H3,(H,19,20). The van der Waals surface area contributed by atoms with Crippen molar-refractivity contribution in [2.75, 3.05) is 13.1 Å². The number of hydrogen-bond donors (Lipinski definition) is 2. The normalized spacial score (nSPS) is 39.0. The second kappa shape index (κ2) is 5.64. The third kappa shape index (κ3) is 2.86. The molecule has 2 N–H and O–H groups in total. The van der Waals surface area contributed by atoms with Crippen LogP contribution < -0.4 is 5.32 Å². The zero-order chi connectivity index (χ0) is 14.2. The molecule has 1 saturated heterocycles. The highest BCUT2D eigenvalue weighted by molar-refractivity contribution is 5.79. The van der Waals surface area contributed by atoms with Gasteiger partial charge in [0.2, 0.25) is 0 Å². The van der Waals surface area contributed by atoms with Crippen LogP contribution in [0.25, 0.3) is 0 Å². The van der Waals surface area contributed by atoms with Gasteiger partial charge in [0.1, 0.15) is 5.54 Å². The summed E-state index contributed by atoms with van der Waals surface area (Å²) in [4.78, 5) is 14.4. The molecule has 3 unspecified atom stereocenters. The maximum absolute atomic E-state index is 11.8. The van der Waals surface area contributed by atoms with Crippen molar-refractivity contribution in [3.63, 3.8) is 0 Å². The van der Waals surface area contributed by atoms with Gasteiger partial charge in [-0.2, -0.15) is 0 Å². The lowest BCUT2D eigenvalue weighted by Crippen LogP contribution is -2.58. The Morgan fingerprint density at radius 3 is 2.75 bits per heavy atom. The van der Waals surface area contributed by atoms with E-state index < -0.39 is 11.5 Å². The molecule has 114 valence electrons. The summed E-state index contributed by atoms with van der Waals surface area (Å²) >= 11 is 0. The number of nitrogens with one attached hydrogen (secondary N) is 1. The highest BCUT2D eigenvalue weighted by atomic mass is 16.4. The van der Waals surface area contributed by atoms with E-state index in [2.05, 4.69) is 17.1 Å². The van der Waals surface area contributed by atoms with Crippen molar-refractivity contribution in [3.8, 4) is 0 Å². The lowest BCUT2D eigenvalue weighted by molar-refractivity contribution is -0.147. The second-order valence-corrected chi connectivity index (χ2v) is 7.11. The summed E-state index contributed by atoms with van der Waals surface area (Å²) in [5.41, 5.74) is -0.644. The number of carbonyl (C=O) groups is 1. The average Bonchev–Trinajstić information content (AvgIpc) is 3.12. The minimum atomic E-state index is -0.644. The second-order valence-electron chi connectivity index (χ2n) is 7.11. The summed E-state index contributed by atoms with van der Waals surface area (Å²) in [7, 11) is 0. The van der Waals surface area contributed by atoms with Gasteiger partial charge in [-0.3, -0.25) is 10.1 Å². The molecular weight excluding hydrogens is 252 g/mol. The van der Waals surface area contributed by atoms with Gasteiger partial charge in [0, 0.05) is 18.6 Å². The Balaban J connectivity index is 1.66. The lowest BCUT2D eigenvalue weighted by Gasteiger charge is -2.42. The van der Waals surface area contributed by atoms with Gasteiger partial charge < -0.3 is 10.0 Å². The van der Waals surface area contributed by atoms with Crippen molar-refractivity contribution >= 4 is 5.97 Å². The fraction of sp³-hybridized carbons (Fsp3) is 0.938. The molecule has 3 atom stereocenters. The molecule has 3 aliphatic rings. The summed E-state index contributed by atoms with van der Waals surface area (Å²) < 4.78 is 0. The van der Waals surface area contributed by atoms with Crippen LogP contribution in [0.5, 0.6) is 0 Å². The number of rotatable bonds is 5. The molecule has 0 aromatic carbocycles. The zero-order valence-electron chi connectivity index (χ0n) is 12.6. The van der Waals surface area contributed by atoms with E-state index in [0.717, 1.165) is 38.0 Å². The minimum absolute atomic E-state index is 0.465. The number of carboxylic acids is 1. The van der Waals surface area contributed by atoms with Crippen LogP contribution in [0.3, 0.4) is 0 Å². The van der Waals surface area contributed by atoms with E-state index in [4.69, 9.17) is 0 Å². The van der Waals surface area contributed by atoms with Crippen LogP contribution in [0.2, 0.25) is 0 Å². The molecule has 4 nitrogen and oxygen atoms in total. The van der Waals surface area contributed by atoms with Crippen LogP contribution in [0, 0.1) is 5.92 Å². The van der Waals surface area contributed by atoms with Gasteiger partial charge in [-0.25, -0.2) is 0 Å². The molecule has 0 aromatic rings. The molecule has 0 bridgehead atoms. The first-order chi connectivity index (χ1) is 9.63. The first kappa shape index (κ1) is 14.3. The van der Waals surface area contributed by atoms with E-state index >= 15 is 0 Å². The van der Waals surface area contributed by atoms with Crippen molar-refractivity contribution in [2.24, 2.45) is 5.92 Å². The first-order valence-corrected chi connectivity index (χ1v) is 8.38. The molecule has 2 aliphatic carbocycles. The third-order valence-electron chi connectivity index (χ3n) is 5.60. The number of carboxylic acid groups (broad SMARTS) is 1. The summed E-state index contributed by atoms with van der Waals surface area (Å²) in [6.07, 6.45) is 8.69.